The molecule has 0 spiro atoms. The number of nitrogens with one attached hydrogen (secondary N) is 2. The summed E-state index contributed by atoms with van der Waals surface area (Å²) in [4.78, 5) is 38.5. The molecular weight excluding hydrogens is 514 g/mol. The molecule has 0 atom stereocenters. The molecule has 4 rings (SSSR count). The molecule has 0 saturated carbocycles. The average molecular weight is 536 g/mol. The molecule has 0 bridgehead atoms. The Labute approximate surface area is 210 Å². The quantitative estimate of drug-likeness (QED) is 0.325. The van der Waals surface area contributed by atoms with Crippen LogP contribution in [0.1, 0.15) is 11.1 Å². The molecule has 0 aliphatic carbocycles. The van der Waals surface area contributed by atoms with E-state index in [2.05, 4.69) is 26.6 Å². The van der Waals surface area contributed by atoms with E-state index in [1.807, 2.05) is 42.5 Å². The predicted molar refractivity (Wildman–Crippen MR) is 135 cm³/mol. The fourth-order valence-electron chi connectivity index (χ4n) is 3.41. The van der Waals surface area contributed by atoms with E-state index in [1.54, 1.807) is 36.4 Å². The lowest BCUT2D eigenvalue weighted by Gasteiger charge is -2.12. The molecule has 178 valence electrons. The summed E-state index contributed by atoms with van der Waals surface area (Å²) in [6.07, 6.45) is 1.57. The molecule has 1 aliphatic rings. The van der Waals surface area contributed by atoms with Crippen molar-refractivity contribution in [3.63, 3.8) is 0 Å². The van der Waals surface area contributed by atoms with Crippen LogP contribution in [0, 0.1) is 0 Å². The maximum Gasteiger partial charge on any atom is 0.329 e. The van der Waals surface area contributed by atoms with Gasteiger partial charge in [-0.2, -0.15) is 0 Å². The lowest BCUT2D eigenvalue weighted by molar-refractivity contribution is -0.123. The van der Waals surface area contributed by atoms with Crippen molar-refractivity contribution in [2.75, 3.05) is 19.0 Å². The van der Waals surface area contributed by atoms with E-state index in [9.17, 15) is 14.4 Å². The van der Waals surface area contributed by atoms with Gasteiger partial charge < -0.3 is 20.1 Å². The van der Waals surface area contributed by atoms with Gasteiger partial charge in [0.2, 0.25) is 0 Å². The third-order valence-corrected chi connectivity index (χ3v) is 5.66. The number of methoxy groups -OCH3 is 1. The minimum atomic E-state index is -0.486. The molecule has 35 heavy (non-hydrogen) atoms. The second-order valence-corrected chi connectivity index (χ2v) is 8.53. The molecule has 0 unspecified atom stereocenters. The molecule has 1 fully saturated rings. The van der Waals surface area contributed by atoms with Gasteiger partial charge in [-0.3, -0.25) is 14.5 Å². The van der Waals surface area contributed by atoms with Gasteiger partial charge in [0.1, 0.15) is 5.70 Å². The molecule has 2 N–H and O–H groups in total. The first-order chi connectivity index (χ1) is 16.9. The fourth-order valence-corrected chi connectivity index (χ4v) is 3.67. The van der Waals surface area contributed by atoms with Gasteiger partial charge in [-0.1, -0.05) is 52.3 Å². The highest BCUT2D eigenvalue weighted by Crippen LogP contribution is 2.29. The topological polar surface area (TPSA) is 97.0 Å². The van der Waals surface area contributed by atoms with Crippen molar-refractivity contribution in [3.8, 4) is 11.5 Å². The van der Waals surface area contributed by atoms with E-state index < -0.39 is 11.9 Å². The highest BCUT2D eigenvalue weighted by Gasteiger charge is 2.33. The summed E-state index contributed by atoms with van der Waals surface area (Å²) < 4.78 is 11.9. The molecule has 1 saturated heterocycles. The Morgan fingerprint density at radius 1 is 1.03 bits per heavy atom. The second-order valence-electron chi connectivity index (χ2n) is 7.62. The number of nitrogens with zero attached hydrogens (tertiary/aromatic N) is 1. The van der Waals surface area contributed by atoms with Crippen molar-refractivity contribution in [1.29, 1.82) is 0 Å². The van der Waals surface area contributed by atoms with Gasteiger partial charge >= 0.3 is 6.03 Å². The zero-order valence-electron chi connectivity index (χ0n) is 18.8. The summed E-state index contributed by atoms with van der Waals surface area (Å²) in [5.41, 5.74) is 2.28. The number of carbonyl (C=O) groups excluding carboxylic acids is 3. The Hall–Kier alpha value is -4.11. The third kappa shape index (κ3) is 6.07. The smallest absolute Gasteiger partial charge is 0.329 e. The second kappa shape index (κ2) is 10.9. The number of amides is 4. The van der Waals surface area contributed by atoms with E-state index in [0.717, 1.165) is 14.9 Å². The number of benzene rings is 3. The predicted octanol–water partition coefficient (Wildman–Crippen LogP) is 4.57. The summed E-state index contributed by atoms with van der Waals surface area (Å²) in [5, 5.41) is 5.36. The molecule has 8 nitrogen and oxygen atoms in total. The molecular formula is C26H22BrN3O5. The van der Waals surface area contributed by atoms with Crippen LogP contribution >= 0.6 is 15.9 Å². The first kappa shape index (κ1) is 24.0. The van der Waals surface area contributed by atoms with Crippen molar-refractivity contribution in [3.05, 3.63) is 94.1 Å². The van der Waals surface area contributed by atoms with Crippen LogP contribution in [0.25, 0.3) is 6.08 Å². The minimum absolute atomic E-state index is 0.157. The van der Waals surface area contributed by atoms with E-state index in [0.29, 0.717) is 22.7 Å². The first-order valence-electron chi connectivity index (χ1n) is 10.7. The molecule has 3 aromatic carbocycles. The Balaban J connectivity index is 1.42. The molecule has 1 heterocycles. The number of hydrogen-bond donors (Lipinski definition) is 2. The van der Waals surface area contributed by atoms with Crippen LogP contribution in [-0.2, 0) is 16.1 Å². The standard InChI is InChI=1S/C26H22BrN3O5/c1-34-23-14-18(9-12-22(23)35-16-24(31)28-20-5-3-2-4-6-20)13-21-25(32)30(26(33)29-21)15-17-7-10-19(27)11-8-17/h2-14H,15-16H2,1H3,(H,28,31)(H,29,33)/b21-13+. The summed E-state index contributed by atoms with van der Waals surface area (Å²) in [6, 6.07) is 21.0. The number of anilines is 1. The maximum absolute atomic E-state index is 12.8. The van der Waals surface area contributed by atoms with Crippen LogP contribution in [0.2, 0.25) is 0 Å². The van der Waals surface area contributed by atoms with Gasteiger partial charge in [0.25, 0.3) is 11.8 Å². The van der Waals surface area contributed by atoms with Crippen molar-refractivity contribution >= 4 is 45.5 Å². The van der Waals surface area contributed by atoms with Crippen LogP contribution in [-0.4, -0.2) is 36.5 Å². The molecule has 1 aliphatic heterocycles. The molecule has 4 amide bonds. The molecule has 9 heteroatoms. The van der Waals surface area contributed by atoms with Gasteiger partial charge in [0.15, 0.2) is 18.1 Å². The molecule has 0 aromatic heterocycles. The Morgan fingerprint density at radius 2 is 1.77 bits per heavy atom. The van der Waals surface area contributed by atoms with Crippen LogP contribution in [0.4, 0.5) is 10.5 Å². The first-order valence-corrected chi connectivity index (χ1v) is 11.5. The van der Waals surface area contributed by atoms with E-state index in [-0.39, 0.29) is 24.8 Å². The zero-order valence-corrected chi connectivity index (χ0v) is 20.4. The summed E-state index contributed by atoms with van der Waals surface area (Å²) in [7, 11) is 1.48. The Bertz CT molecular complexity index is 1280. The van der Waals surface area contributed by atoms with E-state index in [4.69, 9.17) is 9.47 Å². The number of para-hydroxylation sites is 1. The van der Waals surface area contributed by atoms with Crippen LogP contribution in [0.5, 0.6) is 11.5 Å². The molecule has 3 aromatic rings. The van der Waals surface area contributed by atoms with Crippen LogP contribution in [0.15, 0.2) is 83.0 Å². The van der Waals surface area contributed by atoms with Gasteiger partial charge in [0, 0.05) is 10.2 Å². The Kier molecular flexibility index (Phi) is 7.47. The minimum Gasteiger partial charge on any atom is -0.493 e. The lowest BCUT2D eigenvalue weighted by Crippen LogP contribution is -2.30. The van der Waals surface area contributed by atoms with Crippen LogP contribution in [0.3, 0.4) is 0 Å². The maximum atomic E-state index is 12.8. The monoisotopic (exact) mass is 535 g/mol. The van der Waals surface area contributed by atoms with Gasteiger partial charge in [-0.05, 0) is 53.6 Å². The normalized spacial score (nSPS) is 14.1. The highest BCUT2D eigenvalue weighted by molar-refractivity contribution is 9.10. The summed E-state index contributed by atoms with van der Waals surface area (Å²) >= 11 is 3.37. The third-order valence-electron chi connectivity index (χ3n) is 5.13. The largest absolute Gasteiger partial charge is 0.493 e. The lowest BCUT2D eigenvalue weighted by atomic mass is 10.1. The number of imide groups is 1. The number of hydrogen-bond acceptors (Lipinski definition) is 5. The fraction of sp³-hybridized carbons (Fsp3) is 0.115. The SMILES string of the molecule is COc1cc(/C=C2/NC(=O)N(Cc3ccc(Br)cc3)C2=O)ccc1OCC(=O)Nc1ccccc1. The number of carbonyl (C=O) groups is 3. The zero-order chi connectivity index (χ0) is 24.8. The molecule has 0 radical (unpaired) electrons. The van der Waals surface area contributed by atoms with E-state index >= 15 is 0 Å². The van der Waals surface area contributed by atoms with Crippen LogP contribution < -0.4 is 20.1 Å². The van der Waals surface area contributed by atoms with Gasteiger partial charge in [0.05, 0.1) is 13.7 Å². The summed E-state index contributed by atoms with van der Waals surface area (Å²) in [5.74, 6) is 0.0243. The Morgan fingerprint density at radius 3 is 2.49 bits per heavy atom. The number of halogens is 1. The van der Waals surface area contributed by atoms with Crippen molar-refractivity contribution in [1.82, 2.24) is 10.2 Å². The number of urea groups is 1. The van der Waals surface area contributed by atoms with E-state index in [1.165, 1.54) is 7.11 Å². The number of rotatable bonds is 8. The summed E-state index contributed by atoms with van der Waals surface area (Å²) in [6.45, 7) is -0.0400. The number of ether oxygens (including phenoxy) is 2. The average Bonchev–Trinajstić information content (AvgIpc) is 3.12. The van der Waals surface area contributed by atoms with Crippen molar-refractivity contribution in [2.45, 2.75) is 6.54 Å². The highest BCUT2D eigenvalue weighted by atomic mass is 79.9. The van der Waals surface area contributed by atoms with Gasteiger partial charge in [-0.15, -0.1) is 0 Å². The van der Waals surface area contributed by atoms with Crippen molar-refractivity contribution in [2.24, 2.45) is 0 Å². The van der Waals surface area contributed by atoms with Gasteiger partial charge in [-0.25, -0.2) is 4.79 Å². The van der Waals surface area contributed by atoms with Crippen molar-refractivity contribution < 1.29 is 23.9 Å².